The van der Waals surface area contributed by atoms with E-state index in [1.807, 2.05) is 0 Å². The van der Waals surface area contributed by atoms with Crippen LogP contribution >= 0.6 is 0 Å². The number of hydrogen-bond donors (Lipinski definition) is 1. The Morgan fingerprint density at radius 3 is 2.57 bits per heavy atom. The van der Waals surface area contributed by atoms with Gasteiger partial charge in [0.2, 0.25) is 0 Å². The maximum Gasteiger partial charge on any atom is 0.323 e. The van der Waals surface area contributed by atoms with Gasteiger partial charge in [0.15, 0.2) is 11.9 Å². The molecule has 0 radical (unpaired) electrons. The predicted octanol–water partition coefficient (Wildman–Crippen LogP) is 2.81. The van der Waals surface area contributed by atoms with Gasteiger partial charge in [0.05, 0.1) is 12.8 Å². The summed E-state index contributed by atoms with van der Waals surface area (Å²) in [6.07, 6.45) is 4.22. The van der Waals surface area contributed by atoms with E-state index in [0.29, 0.717) is 29.1 Å². The van der Waals surface area contributed by atoms with Crippen LogP contribution in [0.2, 0.25) is 0 Å². The maximum absolute atomic E-state index is 15.5. The Morgan fingerprint density at radius 2 is 1.97 bits per heavy atom. The zero-order chi connectivity index (χ0) is 21.4. The lowest BCUT2D eigenvalue weighted by atomic mass is 9.84. The van der Waals surface area contributed by atoms with Crippen LogP contribution in [0.5, 0.6) is 5.75 Å². The Bertz CT molecular complexity index is 1010. The van der Waals surface area contributed by atoms with Gasteiger partial charge in [-0.15, -0.1) is 10.2 Å². The van der Waals surface area contributed by atoms with Crippen LogP contribution in [0.3, 0.4) is 0 Å². The molecule has 0 amide bonds. The Balaban J connectivity index is 1.70. The Labute approximate surface area is 168 Å². The summed E-state index contributed by atoms with van der Waals surface area (Å²) in [7, 11) is 0. The van der Waals surface area contributed by atoms with Crippen molar-refractivity contribution in [1.82, 2.24) is 25.2 Å². The van der Waals surface area contributed by atoms with Crippen molar-refractivity contribution in [3.05, 3.63) is 65.7 Å². The van der Waals surface area contributed by atoms with Crippen molar-refractivity contribution in [2.45, 2.75) is 30.9 Å². The quantitative estimate of drug-likeness (QED) is 0.561. The molecule has 11 heteroatoms. The van der Waals surface area contributed by atoms with Gasteiger partial charge in [-0.1, -0.05) is 0 Å². The van der Waals surface area contributed by atoms with Crippen LogP contribution in [0.4, 0.5) is 17.6 Å². The summed E-state index contributed by atoms with van der Waals surface area (Å²) in [4.78, 5) is 4.40. The van der Waals surface area contributed by atoms with Crippen LogP contribution in [0.1, 0.15) is 24.1 Å². The number of ether oxygens (including phenoxy) is 1. The van der Waals surface area contributed by atoms with E-state index in [4.69, 9.17) is 4.74 Å². The lowest BCUT2D eigenvalue weighted by molar-refractivity contribution is -0.209. The fraction of sp³-hybridized carbons (Fsp3) is 0.368. The summed E-state index contributed by atoms with van der Waals surface area (Å²) in [5.41, 5.74) is -4.84. The fourth-order valence-corrected chi connectivity index (χ4v) is 3.01. The largest absolute Gasteiger partial charge is 0.492 e. The van der Waals surface area contributed by atoms with E-state index in [1.54, 1.807) is 0 Å². The summed E-state index contributed by atoms with van der Waals surface area (Å²) in [5.74, 6) is -5.66. The average Bonchev–Trinajstić information content (AvgIpc) is 3.41. The number of pyridine rings is 1. The Morgan fingerprint density at radius 1 is 1.17 bits per heavy atom. The molecular weight excluding hydrogens is 406 g/mol. The highest BCUT2D eigenvalue weighted by Gasteiger charge is 2.58. The number of alkyl halides is 2. The molecule has 1 N–H and O–H groups in total. The van der Waals surface area contributed by atoms with Crippen LogP contribution in [-0.4, -0.2) is 36.9 Å². The first kappa shape index (κ1) is 20.2. The van der Waals surface area contributed by atoms with Gasteiger partial charge in [-0.3, -0.25) is 4.98 Å². The minimum absolute atomic E-state index is 0.302. The fourth-order valence-electron chi connectivity index (χ4n) is 3.01. The highest BCUT2D eigenvalue weighted by Crippen LogP contribution is 2.46. The zero-order valence-corrected chi connectivity index (χ0v) is 15.6. The summed E-state index contributed by atoms with van der Waals surface area (Å²) in [5, 5.41) is 21.5. The molecule has 30 heavy (non-hydrogen) atoms. The van der Waals surface area contributed by atoms with Gasteiger partial charge in [0.1, 0.15) is 29.6 Å². The zero-order valence-electron chi connectivity index (χ0n) is 15.6. The van der Waals surface area contributed by atoms with Crippen LogP contribution in [-0.2, 0) is 18.1 Å². The van der Waals surface area contributed by atoms with Crippen molar-refractivity contribution in [3.63, 3.8) is 0 Å². The number of aromatic nitrogens is 5. The third-order valence-corrected chi connectivity index (χ3v) is 4.90. The molecule has 3 aromatic rings. The topological polar surface area (TPSA) is 86.0 Å². The smallest absolute Gasteiger partial charge is 0.323 e. The molecule has 1 fully saturated rings. The molecule has 0 aliphatic heterocycles. The molecule has 1 saturated carbocycles. The van der Waals surface area contributed by atoms with Crippen molar-refractivity contribution in [2.75, 3.05) is 6.61 Å². The van der Waals surface area contributed by atoms with Gasteiger partial charge in [-0.2, -0.15) is 13.6 Å². The van der Waals surface area contributed by atoms with E-state index >= 15 is 8.78 Å². The Hall–Kier alpha value is -3.08. The number of aliphatic hydroxyl groups is 1. The van der Waals surface area contributed by atoms with E-state index in [-0.39, 0.29) is 0 Å². The molecule has 1 unspecified atom stereocenters. The number of rotatable bonds is 8. The van der Waals surface area contributed by atoms with Gasteiger partial charge in [-0.05, 0) is 48.2 Å². The van der Waals surface area contributed by atoms with Crippen molar-refractivity contribution in [2.24, 2.45) is 5.92 Å². The lowest BCUT2D eigenvalue weighted by Gasteiger charge is -2.35. The molecule has 2 heterocycles. The number of benzene rings is 1. The van der Waals surface area contributed by atoms with Crippen molar-refractivity contribution in [1.29, 1.82) is 0 Å². The lowest BCUT2D eigenvalue weighted by Crippen LogP contribution is -2.48. The molecular formula is C19H17F4N5O2. The summed E-state index contributed by atoms with van der Waals surface area (Å²) < 4.78 is 64.3. The molecule has 7 nitrogen and oxygen atoms in total. The first-order valence-corrected chi connectivity index (χ1v) is 9.15. The first-order valence-electron chi connectivity index (χ1n) is 9.15. The van der Waals surface area contributed by atoms with Crippen LogP contribution in [0, 0.1) is 17.6 Å². The van der Waals surface area contributed by atoms with Gasteiger partial charge in [-0.25, -0.2) is 8.78 Å². The van der Waals surface area contributed by atoms with E-state index < -0.39 is 41.0 Å². The maximum atomic E-state index is 15.5. The van der Waals surface area contributed by atoms with E-state index in [1.165, 1.54) is 6.07 Å². The second-order valence-electron chi connectivity index (χ2n) is 7.16. The minimum Gasteiger partial charge on any atom is -0.492 e. The SMILES string of the molecule is OC(Cn1ncnn1)(c1ccc(F)cc1F)C(F)(F)c1ccc(OCC2CC2)cn1. The molecule has 1 atom stereocenters. The highest BCUT2D eigenvalue weighted by atomic mass is 19.3. The molecule has 1 aliphatic carbocycles. The normalized spacial score (nSPS) is 16.3. The van der Waals surface area contributed by atoms with Gasteiger partial charge >= 0.3 is 5.92 Å². The van der Waals surface area contributed by atoms with Gasteiger partial charge < -0.3 is 9.84 Å². The third-order valence-electron chi connectivity index (χ3n) is 4.90. The summed E-state index contributed by atoms with van der Waals surface area (Å²) in [6.45, 7) is -0.482. The highest BCUT2D eigenvalue weighted by molar-refractivity contribution is 5.32. The molecule has 1 aliphatic rings. The van der Waals surface area contributed by atoms with E-state index in [9.17, 15) is 13.9 Å². The van der Waals surface area contributed by atoms with Crippen molar-refractivity contribution >= 4 is 0 Å². The molecule has 4 rings (SSSR count). The number of halogens is 4. The van der Waals surface area contributed by atoms with E-state index in [0.717, 1.165) is 43.6 Å². The number of nitrogens with zero attached hydrogens (tertiary/aromatic N) is 5. The second kappa shape index (κ2) is 7.63. The Kier molecular flexibility index (Phi) is 5.14. The summed E-state index contributed by atoms with van der Waals surface area (Å²) >= 11 is 0. The van der Waals surface area contributed by atoms with Crippen molar-refractivity contribution in [3.8, 4) is 5.75 Å². The van der Waals surface area contributed by atoms with Crippen LogP contribution in [0.15, 0.2) is 42.9 Å². The number of hydrogen-bond acceptors (Lipinski definition) is 6. The third kappa shape index (κ3) is 3.84. The van der Waals surface area contributed by atoms with Crippen molar-refractivity contribution < 1.29 is 27.4 Å². The van der Waals surface area contributed by atoms with Gasteiger partial charge in [0, 0.05) is 11.6 Å². The predicted molar refractivity (Wildman–Crippen MR) is 94.4 cm³/mol. The standard InChI is InChI=1S/C19H17F4N5O2/c20-13-3-5-15(16(21)7-13)18(29,10-28-26-11-25-27-28)19(22,23)17-6-4-14(8-24-17)30-9-12-1-2-12/h3-8,11-12,29H,1-2,9-10H2. The second-order valence-corrected chi connectivity index (χ2v) is 7.16. The molecule has 1 aromatic carbocycles. The molecule has 158 valence electrons. The van der Waals surface area contributed by atoms with Gasteiger partial charge in [0.25, 0.3) is 0 Å². The van der Waals surface area contributed by atoms with E-state index in [2.05, 4.69) is 20.4 Å². The summed E-state index contributed by atoms with van der Waals surface area (Å²) in [6, 6.07) is 4.23. The van der Waals surface area contributed by atoms with Crippen LogP contribution in [0.25, 0.3) is 0 Å². The molecule has 0 bridgehead atoms. The first-order chi connectivity index (χ1) is 14.3. The monoisotopic (exact) mass is 423 g/mol. The van der Waals surface area contributed by atoms with Crippen LogP contribution < -0.4 is 4.74 Å². The number of tetrazole rings is 1. The minimum atomic E-state index is -4.10. The molecule has 0 spiro atoms. The molecule has 2 aromatic heterocycles. The average molecular weight is 423 g/mol. The molecule has 0 saturated heterocycles.